The Labute approximate surface area is 202 Å². The zero-order valence-electron chi connectivity index (χ0n) is 19.3. The van der Waals surface area contributed by atoms with Crippen LogP contribution in [0.5, 0.6) is 0 Å². The Kier molecular flexibility index (Phi) is 8.04. The number of hydrogen-bond donors (Lipinski definition) is 1. The molecule has 170 valence electrons. The number of nitrogens with two attached hydrogens (primary N) is 1. The van der Waals surface area contributed by atoms with Gasteiger partial charge in [-0.3, -0.25) is 9.69 Å². The van der Waals surface area contributed by atoms with E-state index in [4.69, 9.17) is 5.73 Å². The minimum atomic E-state index is -0.448. The van der Waals surface area contributed by atoms with Gasteiger partial charge < -0.3 is 5.73 Å². The minimum absolute atomic E-state index is 0.00788. The first kappa shape index (κ1) is 23.2. The van der Waals surface area contributed by atoms with Gasteiger partial charge in [-0.1, -0.05) is 121 Å². The molecule has 0 aliphatic carbocycles. The second-order valence-electron chi connectivity index (χ2n) is 8.47. The summed E-state index contributed by atoms with van der Waals surface area (Å²) >= 11 is 0. The largest absolute Gasteiger partial charge is 0.402 e. The van der Waals surface area contributed by atoms with Crippen molar-refractivity contribution in [3.8, 4) is 0 Å². The summed E-state index contributed by atoms with van der Waals surface area (Å²) in [5.41, 5.74) is 11.3. The third kappa shape index (κ3) is 6.53. The molecule has 0 heterocycles. The lowest BCUT2D eigenvalue weighted by atomic mass is 9.97. The fourth-order valence-electron chi connectivity index (χ4n) is 4.21. The Morgan fingerprint density at radius 3 is 1.53 bits per heavy atom. The van der Waals surface area contributed by atoms with Crippen LogP contribution in [0.1, 0.15) is 28.3 Å². The molecule has 0 fully saturated rings. The van der Waals surface area contributed by atoms with E-state index in [0.29, 0.717) is 25.2 Å². The second kappa shape index (κ2) is 11.8. The van der Waals surface area contributed by atoms with Gasteiger partial charge in [0, 0.05) is 31.3 Å². The molecule has 0 aliphatic heterocycles. The molecular weight excluding hydrogens is 416 g/mol. The molecule has 0 saturated heterocycles. The van der Waals surface area contributed by atoms with Crippen LogP contribution in [-0.4, -0.2) is 10.7 Å². The number of ketones is 1. The summed E-state index contributed by atoms with van der Waals surface area (Å²) in [6.45, 7) is 1.29. The highest BCUT2D eigenvalue weighted by Gasteiger charge is 2.27. The normalized spacial score (nSPS) is 12.4. The van der Waals surface area contributed by atoms with E-state index in [1.807, 2.05) is 97.1 Å². The van der Waals surface area contributed by atoms with E-state index in [1.165, 1.54) is 0 Å². The molecular formula is C31H30N2O. The highest BCUT2D eigenvalue weighted by molar-refractivity contribution is 5.95. The van der Waals surface area contributed by atoms with Crippen molar-refractivity contribution in [1.82, 2.24) is 4.90 Å². The molecule has 0 spiro atoms. The number of benzene rings is 4. The van der Waals surface area contributed by atoms with Crippen molar-refractivity contribution in [2.45, 2.75) is 25.6 Å². The van der Waals surface area contributed by atoms with Gasteiger partial charge in [0.1, 0.15) is 0 Å². The number of nitrogens with zero attached hydrogens (tertiary/aromatic N) is 1. The molecule has 1 atom stereocenters. The molecule has 0 saturated carbocycles. The van der Waals surface area contributed by atoms with Crippen molar-refractivity contribution in [3.05, 3.63) is 155 Å². The SMILES string of the molecule is N/C(=C\C(=O)C(c1ccccc1)N(Cc1ccccc1)Cc1ccccc1)Cc1ccccc1. The van der Waals surface area contributed by atoms with Gasteiger partial charge in [0.05, 0.1) is 6.04 Å². The van der Waals surface area contributed by atoms with E-state index in [1.54, 1.807) is 6.08 Å². The van der Waals surface area contributed by atoms with Gasteiger partial charge in [-0.25, -0.2) is 0 Å². The van der Waals surface area contributed by atoms with E-state index >= 15 is 0 Å². The second-order valence-corrected chi connectivity index (χ2v) is 8.47. The average molecular weight is 447 g/mol. The van der Waals surface area contributed by atoms with E-state index in [-0.39, 0.29) is 5.78 Å². The first-order valence-electron chi connectivity index (χ1n) is 11.6. The van der Waals surface area contributed by atoms with E-state index in [9.17, 15) is 4.79 Å². The molecule has 0 aliphatic rings. The van der Waals surface area contributed by atoms with Crippen molar-refractivity contribution < 1.29 is 4.79 Å². The monoisotopic (exact) mass is 446 g/mol. The van der Waals surface area contributed by atoms with Gasteiger partial charge in [0.25, 0.3) is 0 Å². The van der Waals surface area contributed by atoms with Crippen LogP contribution < -0.4 is 5.73 Å². The van der Waals surface area contributed by atoms with E-state index in [0.717, 1.165) is 22.3 Å². The third-order valence-corrected chi connectivity index (χ3v) is 5.79. The standard InChI is InChI=1S/C31H30N2O/c32-29(21-25-13-5-1-6-14-25)22-30(34)31(28-19-11-4-12-20-28)33(23-26-15-7-2-8-16-26)24-27-17-9-3-10-18-27/h1-20,22,31H,21,23-24,32H2/b29-22-. The van der Waals surface area contributed by atoms with Crippen molar-refractivity contribution in [2.24, 2.45) is 5.73 Å². The number of rotatable bonds is 10. The summed E-state index contributed by atoms with van der Waals surface area (Å²) in [6, 6.07) is 40.1. The fourth-order valence-corrected chi connectivity index (χ4v) is 4.21. The van der Waals surface area contributed by atoms with Gasteiger partial charge in [-0.2, -0.15) is 0 Å². The highest BCUT2D eigenvalue weighted by atomic mass is 16.1. The van der Waals surface area contributed by atoms with Crippen LogP contribution in [0, 0.1) is 0 Å². The average Bonchev–Trinajstić information content (AvgIpc) is 2.86. The van der Waals surface area contributed by atoms with Crippen LogP contribution in [0.4, 0.5) is 0 Å². The predicted molar refractivity (Wildman–Crippen MR) is 139 cm³/mol. The van der Waals surface area contributed by atoms with Gasteiger partial charge >= 0.3 is 0 Å². The minimum Gasteiger partial charge on any atom is -0.402 e. The number of hydrogen-bond acceptors (Lipinski definition) is 3. The Morgan fingerprint density at radius 1 is 0.647 bits per heavy atom. The summed E-state index contributed by atoms with van der Waals surface area (Å²) in [6.07, 6.45) is 2.17. The van der Waals surface area contributed by atoms with Crippen LogP contribution in [0.25, 0.3) is 0 Å². The maximum atomic E-state index is 13.8. The Morgan fingerprint density at radius 2 is 1.06 bits per heavy atom. The Balaban J connectivity index is 1.68. The Hall–Kier alpha value is -3.95. The Bertz CT molecular complexity index is 1150. The van der Waals surface area contributed by atoms with Crippen LogP contribution >= 0.6 is 0 Å². The summed E-state index contributed by atoms with van der Waals surface area (Å²) < 4.78 is 0. The van der Waals surface area contributed by atoms with Gasteiger partial charge in [0.2, 0.25) is 0 Å². The van der Waals surface area contributed by atoms with Crippen molar-refractivity contribution in [3.63, 3.8) is 0 Å². The van der Waals surface area contributed by atoms with Crippen LogP contribution in [-0.2, 0) is 24.3 Å². The molecule has 4 aromatic carbocycles. The maximum absolute atomic E-state index is 13.8. The first-order chi connectivity index (χ1) is 16.7. The molecule has 3 nitrogen and oxygen atoms in total. The van der Waals surface area contributed by atoms with E-state index in [2.05, 4.69) is 29.2 Å². The van der Waals surface area contributed by atoms with Gasteiger partial charge in [-0.05, 0) is 22.3 Å². The lowest BCUT2D eigenvalue weighted by Crippen LogP contribution is -2.33. The zero-order valence-corrected chi connectivity index (χ0v) is 19.3. The highest BCUT2D eigenvalue weighted by Crippen LogP contribution is 2.27. The maximum Gasteiger partial charge on any atom is 0.179 e. The summed E-state index contributed by atoms with van der Waals surface area (Å²) in [5.74, 6) is -0.00788. The van der Waals surface area contributed by atoms with Crippen molar-refractivity contribution >= 4 is 5.78 Å². The molecule has 0 amide bonds. The predicted octanol–water partition coefficient (Wildman–Crippen LogP) is 6.08. The van der Waals surface area contributed by atoms with Gasteiger partial charge in [-0.15, -0.1) is 0 Å². The third-order valence-electron chi connectivity index (χ3n) is 5.79. The van der Waals surface area contributed by atoms with Crippen LogP contribution in [0.2, 0.25) is 0 Å². The molecule has 2 N–H and O–H groups in total. The quantitative estimate of drug-likeness (QED) is 0.300. The fraction of sp³-hybridized carbons (Fsp3) is 0.129. The number of allylic oxidation sites excluding steroid dienone is 1. The van der Waals surface area contributed by atoms with Crippen LogP contribution in [0.3, 0.4) is 0 Å². The topological polar surface area (TPSA) is 46.3 Å². The molecule has 0 bridgehead atoms. The number of carbonyl (C=O) groups is 1. The van der Waals surface area contributed by atoms with Crippen LogP contribution in [0.15, 0.2) is 133 Å². The van der Waals surface area contributed by atoms with Crippen molar-refractivity contribution in [2.75, 3.05) is 0 Å². The summed E-state index contributed by atoms with van der Waals surface area (Å²) in [7, 11) is 0. The van der Waals surface area contributed by atoms with Crippen molar-refractivity contribution in [1.29, 1.82) is 0 Å². The van der Waals surface area contributed by atoms with E-state index < -0.39 is 6.04 Å². The molecule has 1 unspecified atom stereocenters. The molecule has 0 radical (unpaired) electrons. The molecule has 4 rings (SSSR count). The summed E-state index contributed by atoms with van der Waals surface area (Å²) in [4.78, 5) is 16.0. The van der Waals surface area contributed by atoms with Gasteiger partial charge in [0.15, 0.2) is 5.78 Å². The summed E-state index contributed by atoms with van der Waals surface area (Å²) in [5, 5.41) is 0. The smallest absolute Gasteiger partial charge is 0.179 e. The molecule has 0 aromatic heterocycles. The lowest BCUT2D eigenvalue weighted by molar-refractivity contribution is -0.120. The molecule has 4 aromatic rings. The first-order valence-corrected chi connectivity index (χ1v) is 11.6. The lowest BCUT2D eigenvalue weighted by Gasteiger charge is -2.31. The molecule has 34 heavy (non-hydrogen) atoms. The zero-order chi connectivity index (χ0) is 23.6. The molecule has 3 heteroatoms. The number of carbonyl (C=O) groups excluding carboxylic acids is 1.